The van der Waals surface area contributed by atoms with Gasteiger partial charge in [0.05, 0.1) is 11.2 Å². The predicted octanol–water partition coefficient (Wildman–Crippen LogP) is 4.11. The van der Waals surface area contributed by atoms with E-state index in [1.54, 1.807) is 24.4 Å². The third-order valence-electron chi connectivity index (χ3n) is 5.75. The Balaban J connectivity index is 0.00000231. The topological polar surface area (TPSA) is 48.2 Å². The van der Waals surface area contributed by atoms with Crippen molar-refractivity contribution in [2.24, 2.45) is 7.05 Å². The number of nitrogens with one attached hydrogen (secondary N) is 1. The van der Waals surface area contributed by atoms with Crippen molar-refractivity contribution in [3.8, 4) is 11.4 Å². The van der Waals surface area contributed by atoms with Crippen LogP contribution in [0.25, 0.3) is 16.6 Å². The molecule has 0 atom stereocenters. The minimum Gasteiger partial charge on any atom is -0.489 e. The summed E-state index contributed by atoms with van der Waals surface area (Å²) in [6.07, 6.45) is 2.44. The molecule has 7 heteroatoms. The summed E-state index contributed by atoms with van der Waals surface area (Å²) in [6.45, 7) is 2.03. The first-order chi connectivity index (χ1) is 14.6. The van der Waals surface area contributed by atoms with E-state index >= 15 is 4.39 Å². The molecule has 0 unspecified atom stereocenters. The maximum atomic E-state index is 15.0. The van der Waals surface area contributed by atoms with E-state index < -0.39 is 5.82 Å². The van der Waals surface area contributed by atoms with E-state index in [0.29, 0.717) is 12.4 Å². The van der Waals surface area contributed by atoms with Crippen LogP contribution in [0.3, 0.4) is 0 Å². The maximum absolute atomic E-state index is 15.0. The molecule has 2 aromatic heterocycles. The Morgan fingerprint density at radius 2 is 1.94 bits per heavy atom. The standard InChI is InChI=1S/C24H22FN3O2.ClH/c1-27-21-13-22(20(25)12-19(21)18-7-9-26-14-23(18)27)28-10-8-17(11-24(28)29)30-15-16-5-3-2-4-6-16;/h2-6,8,10-13,26H,7,9,14-15H2,1H3;1H. The maximum Gasteiger partial charge on any atom is 0.258 e. The van der Waals surface area contributed by atoms with Crippen molar-refractivity contribution in [1.29, 1.82) is 0 Å². The van der Waals surface area contributed by atoms with Crippen LogP contribution in [-0.4, -0.2) is 15.7 Å². The average Bonchev–Trinajstić information content (AvgIpc) is 3.04. The Morgan fingerprint density at radius 1 is 1.13 bits per heavy atom. The summed E-state index contributed by atoms with van der Waals surface area (Å²) in [5.41, 5.74) is 4.21. The normalized spacial score (nSPS) is 13.0. The number of benzene rings is 2. The Bertz CT molecular complexity index is 1300. The van der Waals surface area contributed by atoms with Gasteiger partial charge in [0.25, 0.3) is 5.56 Å². The molecule has 0 bridgehead atoms. The van der Waals surface area contributed by atoms with Gasteiger partial charge in [-0.1, -0.05) is 30.3 Å². The highest BCUT2D eigenvalue weighted by Crippen LogP contribution is 2.31. The van der Waals surface area contributed by atoms with Crippen LogP contribution in [0.4, 0.5) is 4.39 Å². The molecular formula is C24H23ClFN3O2. The molecule has 1 N–H and O–H groups in total. The highest BCUT2D eigenvalue weighted by molar-refractivity contribution is 5.87. The third-order valence-corrected chi connectivity index (χ3v) is 5.75. The van der Waals surface area contributed by atoms with E-state index in [4.69, 9.17) is 4.74 Å². The number of hydrogen-bond acceptors (Lipinski definition) is 3. The second-order valence-electron chi connectivity index (χ2n) is 7.58. The molecule has 3 heterocycles. The number of pyridine rings is 1. The molecule has 0 amide bonds. The Labute approximate surface area is 185 Å². The summed E-state index contributed by atoms with van der Waals surface area (Å²) in [4.78, 5) is 12.7. The van der Waals surface area contributed by atoms with Gasteiger partial charge in [0.1, 0.15) is 18.2 Å². The molecule has 0 saturated carbocycles. The molecule has 5 rings (SSSR count). The van der Waals surface area contributed by atoms with E-state index in [-0.39, 0.29) is 23.7 Å². The molecule has 31 heavy (non-hydrogen) atoms. The zero-order chi connectivity index (χ0) is 20.7. The molecule has 0 radical (unpaired) electrons. The van der Waals surface area contributed by atoms with E-state index in [0.717, 1.165) is 36.0 Å². The van der Waals surface area contributed by atoms with Gasteiger partial charge >= 0.3 is 0 Å². The van der Waals surface area contributed by atoms with Gasteiger partial charge in [-0.05, 0) is 42.3 Å². The highest BCUT2D eigenvalue weighted by Gasteiger charge is 2.20. The largest absolute Gasteiger partial charge is 0.489 e. The van der Waals surface area contributed by atoms with Crippen LogP contribution in [-0.2, 0) is 26.6 Å². The first kappa shape index (κ1) is 21.2. The van der Waals surface area contributed by atoms with Crippen molar-refractivity contribution < 1.29 is 9.13 Å². The minimum atomic E-state index is -0.408. The number of aromatic nitrogens is 2. The molecular weight excluding hydrogens is 417 g/mol. The number of hydrogen-bond donors (Lipinski definition) is 1. The van der Waals surface area contributed by atoms with E-state index in [1.807, 2.05) is 37.4 Å². The summed E-state index contributed by atoms with van der Waals surface area (Å²) in [7, 11) is 1.99. The summed E-state index contributed by atoms with van der Waals surface area (Å²) < 4.78 is 24.2. The Morgan fingerprint density at radius 3 is 2.71 bits per heavy atom. The number of rotatable bonds is 4. The van der Waals surface area contributed by atoms with Gasteiger partial charge in [0.2, 0.25) is 0 Å². The van der Waals surface area contributed by atoms with E-state index in [2.05, 4.69) is 9.88 Å². The average molecular weight is 440 g/mol. The molecule has 0 saturated heterocycles. The molecule has 4 aromatic rings. The van der Waals surface area contributed by atoms with Gasteiger partial charge in [-0.2, -0.15) is 0 Å². The van der Waals surface area contributed by atoms with Crippen molar-refractivity contribution in [2.75, 3.05) is 6.54 Å². The van der Waals surface area contributed by atoms with Crippen molar-refractivity contribution >= 4 is 23.3 Å². The smallest absolute Gasteiger partial charge is 0.258 e. The fourth-order valence-corrected chi connectivity index (χ4v) is 4.17. The molecule has 0 spiro atoms. The monoisotopic (exact) mass is 439 g/mol. The zero-order valence-electron chi connectivity index (χ0n) is 17.1. The first-order valence-corrected chi connectivity index (χ1v) is 10.0. The van der Waals surface area contributed by atoms with E-state index in [1.165, 1.54) is 21.9 Å². The lowest BCUT2D eigenvalue weighted by atomic mass is 10.0. The van der Waals surface area contributed by atoms with Crippen molar-refractivity contribution in [2.45, 2.75) is 19.6 Å². The van der Waals surface area contributed by atoms with Crippen LogP contribution >= 0.6 is 12.4 Å². The van der Waals surface area contributed by atoms with Gasteiger partial charge in [-0.3, -0.25) is 9.36 Å². The fourth-order valence-electron chi connectivity index (χ4n) is 4.17. The Kier molecular flexibility index (Phi) is 5.85. The summed E-state index contributed by atoms with van der Waals surface area (Å²) >= 11 is 0. The van der Waals surface area contributed by atoms with Crippen LogP contribution in [0.2, 0.25) is 0 Å². The second-order valence-corrected chi connectivity index (χ2v) is 7.58. The second kappa shape index (κ2) is 8.57. The third kappa shape index (κ3) is 3.84. The van der Waals surface area contributed by atoms with Crippen molar-refractivity contribution in [3.05, 3.63) is 93.8 Å². The molecule has 0 fully saturated rings. The summed E-state index contributed by atoms with van der Waals surface area (Å²) in [5, 5.41) is 4.28. The quantitative estimate of drug-likeness (QED) is 0.520. The first-order valence-electron chi connectivity index (χ1n) is 10.0. The van der Waals surface area contributed by atoms with Gasteiger partial charge in [-0.15, -0.1) is 12.4 Å². The summed E-state index contributed by atoms with van der Waals surface area (Å²) in [6, 6.07) is 16.1. The number of fused-ring (bicyclic) bond motifs is 3. The molecule has 2 aromatic carbocycles. The molecule has 1 aliphatic rings. The fraction of sp³-hybridized carbons (Fsp3) is 0.208. The SMILES string of the molecule is Cl.Cn1c2c(c3cc(F)c(-n4ccc(OCc5ccccc5)cc4=O)cc31)CCNC2. The number of nitrogens with zero attached hydrogens (tertiary/aromatic N) is 2. The molecule has 1 aliphatic heterocycles. The van der Waals surface area contributed by atoms with Crippen molar-refractivity contribution in [1.82, 2.24) is 14.5 Å². The number of ether oxygens (including phenoxy) is 1. The highest BCUT2D eigenvalue weighted by atomic mass is 35.5. The number of halogens is 2. The van der Waals surface area contributed by atoms with Crippen LogP contribution in [0, 0.1) is 5.82 Å². The van der Waals surface area contributed by atoms with Gasteiger partial charge < -0.3 is 14.6 Å². The zero-order valence-corrected chi connectivity index (χ0v) is 17.9. The molecule has 5 nitrogen and oxygen atoms in total. The number of aryl methyl sites for hydroxylation is 1. The predicted molar refractivity (Wildman–Crippen MR) is 122 cm³/mol. The summed E-state index contributed by atoms with van der Waals surface area (Å²) in [5.74, 6) is 0.0523. The van der Waals surface area contributed by atoms with E-state index in [9.17, 15) is 4.79 Å². The van der Waals surface area contributed by atoms with Gasteiger partial charge in [0.15, 0.2) is 0 Å². The van der Waals surface area contributed by atoms with Crippen LogP contribution in [0.5, 0.6) is 5.75 Å². The molecule has 160 valence electrons. The molecule has 0 aliphatic carbocycles. The lowest BCUT2D eigenvalue weighted by Gasteiger charge is -2.14. The van der Waals surface area contributed by atoms with Crippen LogP contribution in [0.1, 0.15) is 16.8 Å². The lowest BCUT2D eigenvalue weighted by molar-refractivity contribution is 0.305. The van der Waals surface area contributed by atoms with Crippen molar-refractivity contribution in [3.63, 3.8) is 0 Å². The van der Waals surface area contributed by atoms with Gasteiger partial charge in [-0.25, -0.2) is 4.39 Å². The lowest BCUT2D eigenvalue weighted by Crippen LogP contribution is -2.24. The van der Waals surface area contributed by atoms with Crippen LogP contribution < -0.4 is 15.6 Å². The Hall–Kier alpha value is -3.09. The van der Waals surface area contributed by atoms with Crippen LogP contribution in [0.15, 0.2) is 65.6 Å². The minimum absolute atomic E-state index is 0. The van der Waals surface area contributed by atoms with Gasteiger partial charge in [0, 0.05) is 36.9 Å².